The van der Waals surface area contributed by atoms with Gasteiger partial charge in [-0.15, -0.1) is 0 Å². The lowest BCUT2D eigenvalue weighted by Gasteiger charge is -2.15. The van der Waals surface area contributed by atoms with Crippen molar-refractivity contribution in [2.24, 2.45) is 0 Å². The standard InChI is InChI=1S/C11H12Cl2NO2S/c12-9-6-3-7-10(13)11(9)14-17(15,16)8-4-1-2-5-8/h6-8,14H,1-2,4-5H2. The maximum absolute atomic E-state index is 12.1. The molecule has 0 atom stereocenters. The van der Waals surface area contributed by atoms with Gasteiger partial charge in [0.1, 0.15) is 0 Å². The van der Waals surface area contributed by atoms with Gasteiger partial charge >= 0.3 is 0 Å². The van der Waals surface area contributed by atoms with E-state index in [0.717, 1.165) is 12.8 Å². The largest absolute Gasteiger partial charge is 0.280 e. The average molecular weight is 293 g/mol. The molecule has 0 unspecified atom stereocenters. The minimum absolute atomic E-state index is 0.249. The molecule has 0 spiro atoms. The predicted molar refractivity (Wildman–Crippen MR) is 70.1 cm³/mol. The molecule has 1 aliphatic rings. The molecule has 1 N–H and O–H groups in total. The van der Waals surface area contributed by atoms with Crippen LogP contribution in [0.1, 0.15) is 25.7 Å². The van der Waals surface area contributed by atoms with Gasteiger partial charge in [-0.05, 0) is 31.0 Å². The Morgan fingerprint density at radius 3 is 2.24 bits per heavy atom. The summed E-state index contributed by atoms with van der Waals surface area (Å²) in [7, 11) is -3.39. The Morgan fingerprint density at radius 1 is 1.18 bits per heavy atom. The second-order valence-electron chi connectivity index (χ2n) is 4.08. The fourth-order valence-electron chi connectivity index (χ4n) is 1.97. The highest BCUT2D eigenvalue weighted by Crippen LogP contribution is 2.33. The monoisotopic (exact) mass is 292 g/mol. The zero-order chi connectivity index (χ0) is 12.5. The maximum Gasteiger partial charge on any atom is 0.235 e. The van der Waals surface area contributed by atoms with Crippen LogP contribution < -0.4 is 4.72 Å². The molecule has 0 saturated heterocycles. The number of anilines is 1. The molecule has 1 fully saturated rings. The van der Waals surface area contributed by atoms with Crippen LogP contribution >= 0.6 is 23.2 Å². The zero-order valence-corrected chi connectivity index (χ0v) is 11.4. The van der Waals surface area contributed by atoms with Crippen molar-refractivity contribution < 1.29 is 8.42 Å². The van der Waals surface area contributed by atoms with Crippen molar-refractivity contribution in [3.63, 3.8) is 0 Å². The van der Waals surface area contributed by atoms with Crippen molar-refractivity contribution in [3.8, 4) is 0 Å². The Labute approximate surface area is 111 Å². The molecule has 3 nitrogen and oxygen atoms in total. The first-order valence-electron chi connectivity index (χ1n) is 5.37. The van der Waals surface area contributed by atoms with Crippen molar-refractivity contribution >= 4 is 38.9 Å². The Bertz CT molecular complexity index is 490. The quantitative estimate of drug-likeness (QED) is 0.927. The molecular formula is C11H12Cl2NO2S. The van der Waals surface area contributed by atoms with E-state index in [-0.39, 0.29) is 21.0 Å². The highest BCUT2D eigenvalue weighted by Gasteiger charge is 2.29. The van der Waals surface area contributed by atoms with Crippen LogP contribution in [0.25, 0.3) is 0 Å². The van der Waals surface area contributed by atoms with Gasteiger partial charge in [0.25, 0.3) is 0 Å². The van der Waals surface area contributed by atoms with Gasteiger partial charge in [0.15, 0.2) is 0 Å². The highest BCUT2D eigenvalue weighted by molar-refractivity contribution is 7.93. The van der Waals surface area contributed by atoms with Crippen LogP contribution in [0.2, 0.25) is 10.0 Å². The molecule has 1 aromatic carbocycles. The van der Waals surface area contributed by atoms with Crippen molar-refractivity contribution in [2.45, 2.75) is 30.9 Å². The van der Waals surface area contributed by atoms with Crippen molar-refractivity contribution in [3.05, 3.63) is 28.2 Å². The number of nitrogens with one attached hydrogen (secondary N) is 1. The van der Waals surface area contributed by atoms with E-state index in [2.05, 4.69) is 10.8 Å². The third kappa shape index (κ3) is 2.87. The van der Waals surface area contributed by atoms with E-state index in [1.54, 1.807) is 0 Å². The van der Waals surface area contributed by atoms with Gasteiger partial charge in [0, 0.05) is 0 Å². The van der Waals surface area contributed by atoms with E-state index in [0.29, 0.717) is 12.8 Å². The van der Waals surface area contributed by atoms with E-state index >= 15 is 0 Å². The minimum atomic E-state index is -3.39. The molecule has 1 aliphatic carbocycles. The van der Waals surface area contributed by atoms with Crippen LogP contribution in [0.5, 0.6) is 0 Å². The van der Waals surface area contributed by atoms with E-state index < -0.39 is 10.0 Å². The molecule has 0 aromatic heterocycles. The summed E-state index contributed by atoms with van der Waals surface area (Å²) in [4.78, 5) is 0. The topological polar surface area (TPSA) is 46.2 Å². The lowest BCUT2D eigenvalue weighted by atomic mass is 10.3. The SMILES string of the molecule is O=S(=O)(Nc1c(Cl)c[c]cc1Cl)C1CCCC1. The van der Waals surface area contributed by atoms with Gasteiger partial charge in [-0.25, -0.2) is 8.42 Å². The Balaban J connectivity index is 2.26. The van der Waals surface area contributed by atoms with Gasteiger partial charge in [0.2, 0.25) is 10.0 Å². The summed E-state index contributed by atoms with van der Waals surface area (Å²) in [6.07, 6.45) is 3.30. The van der Waals surface area contributed by atoms with E-state index in [1.807, 2.05) is 0 Å². The summed E-state index contributed by atoms with van der Waals surface area (Å²) in [5, 5.41) is 0.192. The fraction of sp³-hybridized carbons (Fsp3) is 0.455. The van der Waals surface area contributed by atoms with E-state index in [4.69, 9.17) is 23.2 Å². The molecule has 1 aromatic rings. The van der Waals surface area contributed by atoms with Gasteiger partial charge in [0.05, 0.1) is 21.0 Å². The third-order valence-corrected chi connectivity index (χ3v) is 5.32. The van der Waals surface area contributed by atoms with Gasteiger partial charge in [-0.1, -0.05) is 36.0 Å². The smallest absolute Gasteiger partial charge is 0.235 e. The molecular weight excluding hydrogens is 281 g/mol. The molecule has 0 amide bonds. The summed E-state index contributed by atoms with van der Waals surface area (Å²) in [5.41, 5.74) is 0.249. The summed E-state index contributed by atoms with van der Waals surface area (Å²) < 4.78 is 26.6. The van der Waals surface area contributed by atoms with E-state index in [1.165, 1.54) is 12.1 Å². The second kappa shape index (κ2) is 5.04. The molecule has 0 heterocycles. The lowest BCUT2D eigenvalue weighted by molar-refractivity contribution is 0.585. The molecule has 93 valence electrons. The first-order chi connectivity index (χ1) is 8.00. The number of hydrogen-bond acceptors (Lipinski definition) is 2. The predicted octanol–water partition coefficient (Wildman–Crippen LogP) is 3.48. The average Bonchev–Trinajstić information content (AvgIpc) is 2.77. The zero-order valence-electron chi connectivity index (χ0n) is 9.04. The van der Waals surface area contributed by atoms with Gasteiger partial charge in [-0.3, -0.25) is 4.72 Å². The number of hydrogen-bond donors (Lipinski definition) is 1. The first kappa shape index (κ1) is 13.0. The summed E-state index contributed by atoms with van der Waals surface area (Å²) >= 11 is 11.8. The van der Waals surface area contributed by atoms with Gasteiger partial charge < -0.3 is 0 Å². The van der Waals surface area contributed by atoms with Crippen LogP contribution in [-0.4, -0.2) is 13.7 Å². The first-order valence-corrected chi connectivity index (χ1v) is 7.67. The summed E-state index contributed by atoms with van der Waals surface area (Å²) in [6, 6.07) is 5.70. The summed E-state index contributed by atoms with van der Waals surface area (Å²) in [6.45, 7) is 0. The molecule has 1 radical (unpaired) electrons. The maximum atomic E-state index is 12.1. The normalized spacial score (nSPS) is 17.3. The van der Waals surface area contributed by atoms with Crippen molar-refractivity contribution in [2.75, 3.05) is 4.72 Å². The van der Waals surface area contributed by atoms with Crippen LogP contribution in [0.3, 0.4) is 0 Å². The molecule has 2 rings (SSSR count). The second-order valence-corrected chi connectivity index (χ2v) is 6.85. The fourth-order valence-corrected chi connectivity index (χ4v) is 4.18. The Hall–Kier alpha value is -0.450. The van der Waals surface area contributed by atoms with Crippen molar-refractivity contribution in [1.82, 2.24) is 0 Å². The molecule has 1 saturated carbocycles. The van der Waals surface area contributed by atoms with E-state index in [9.17, 15) is 8.42 Å². The minimum Gasteiger partial charge on any atom is -0.280 e. The van der Waals surface area contributed by atoms with Crippen LogP contribution in [0, 0.1) is 6.07 Å². The number of rotatable bonds is 3. The van der Waals surface area contributed by atoms with Crippen LogP contribution in [-0.2, 0) is 10.0 Å². The highest BCUT2D eigenvalue weighted by atomic mass is 35.5. The van der Waals surface area contributed by atoms with Crippen molar-refractivity contribution in [1.29, 1.82) is 0 Å². The molecule has 0 aliphatic heterocycles. The summed E-state index contributed by atoms with van der Waals surface area (Å²) in [5.74, 6) is 0. The number of sulfonamides is 1. The van der Waals surface area contributed by atoms with Crippen LogP contribution in [0.15, 0.2) is 12.1 Å². The molecule has 0 bridgehead atoms. The van der Waals surface area contributed by atoms with Gasteiger partial charge in [-0.2, -0.15) is 0 Å². The van der Waals surface area contributed by atoms with Crippen LogP contribution in [0.4, 0.5) is 5.69 Å². The third-order valence-electron chi connectivity index (χ3n) is 2.88. The Kier molecular flexibility index (Phi) is 3.85. The number of benzene rings is 1. The lowest BCUT2D eigenvalue weighted by Crippen LogP contribution is -2.25. The number of halogens is 2. The molecule has 17 heavy (non-hydrogen) atoms. The molecule has 6 heteroatoms. The Morgan fingerprint density at radius 2 is 1.71 bits per heavy atom.